The predicted molar refractivity (Wildman–Crippen MR) is 197 cm³/mol. The fourth-order valence-corrected chi connectivity index (χ4v) is 9.34. The van der Waals surface area contributed by atoms with Crippen molar-refractivity contribution in [3.63, 3.8) is 0 Å². The number of nitrogens with zero attached hydrogens (tertiary/aromatic N) is 2. The third kappa shape index (κ3) is 12.0. The Hall–Kier alpha value is -1.64. The monoisotopic (exact) mass is 761 g/mol. The van der Waals surface area contributed by atoms with Gasteiger partial charge < -0.3 is 4.90 Å². The van der Waals surface area contributed by atoms with Crippen molar-refractivity contribution in [1.82, 2.24) is 0 Å². The average molecular weight is 763 g/mol. The molecule has 2 aromatic carbocycles. The van der Waals surface area contributed by atoms with Gasteiger partial charge in [0.2, 0.25) is 5.52 Å². The van der Waals surface area contributed by atoms with Gasteiger partial charge in [-0.3, -0.25) is 9.11 Å². The van der Waals surface area contributed by atoms with Crippen molar-refractivity contribution < 1.29 is 30.5 Å². The summed E-state index contributed by atoms with van der Waals surface area (Å²) < 4.78 is 66.3. The van der Waals surface area contributed by atoms with Gasteiger partial charge in [-0.05, 0) is 67.2 Å². The number of halogens is 2. The van der Waals surface area contributed by atoms with Gasteiger partial charge in [0.1, 0.15) is 4.70 Å². The Morgan fingerprint density at radius 1 is 0.957 bits per heavy atom. The number of hydrogen-bond acceptors (Lipinski definition) is 7. The lowest BCUT2D eigenvalue weighted by atomic mass is 9.91. The number of thiazole rings is 1. The highest BCUT2D eigenvalue weighted by Gasteiger charge is 2.26. The maximum Gasteiger partial charge on any atom is 0.265 e. The number of allylic oxidation sites excluding steroid dienone is 2. The molecule has 14 heteroatoms. The lowest BCUT2D eigenvalue weighted by Crippen LogP contribution is -2.36. The van der Waals surface area contributed by atoms with E-state index in [-0.39, 0.29) is 17.9 Å². The second-order valence-electron chi connectivity index (χ2n) is 12.0. The zero-order valence-corrected chi connectivity index (χ0v) is 31.5. The lowest BCUT2D eigenvalue weighted by Gasteiger charge is -2.21. The van der Waals surface area contributed by atoms with Crippen molar-refractivity contribution in [3.05, 3.63) is 68.1 Å². The standard InChI is InChI=1S/C26H28Cl2N2O6S4.C7H14/c1-2-18(15-26-30(11-5-13-40(34,35)36)22-17-20(28)7-9-24(22)38-26)14-25-29(10-3-4-12-39(31,32)33)21-16-19(27)6-8-23(21)37-25;1-7-5-3-2-4-6-7/h6-9,14-17H,2-5,10-13H2,1H3,(H-,31,32,33,34,35,36);7H,2-6H2,1H3/p+1. The average Bonchev–Trinajstić information content (AvgIpc) is 3.50. The summed E-state index contributed by atoms with van der Waals surface area (Å²) in [6.07, 6.45) is 13.5. The fraction of sp³-hybridized carbons (Fsp3) is 0.485. The summed E-state index contributed by atoms with van der Waals surface area (Å²) in [4.78, 5) is 3.15. The van der Waals surface area contributed by atoms with Crippen LogP contribution >= 0.6 is 46.3 Å². The number of aromatic nitrogens is 1. The van der Waals surface area contributed by atoms with Crippen molar-refractivity contribution in [2.45, 2.75) is 83.1 Å². The molecule has 1 aliphatic carbocycles. The van der Waals surface area contributed by atoms with Crippen molar-refractivity contribution in [2.24, 2.45) is 5.92 Å². The van der Waals surface area contributed by atoms with Crippen LogP contribution in [-0.2, 0) is 26.8 Å². The highest BCUT2D eigenvalue weighted by molar-refractivity contribution is 8.03. The second kappa shape index (κ2) is 17.3. The molecule has 2 aliphatic rings. The van der Waals surface area contributed by atoms with Gasteiger partial charge in [-0.1, -0.05) is 92.3 Å². The molecule has 8 nitrogen and oxygen atoms in total. The summed E-state index contributed by atoms with van der Waals surface area (Å²) in [7, 11) is -8.09. The number of hydrogen-bond donors (Lipinski definition) is 2. The zero-order chi connectivity index (χ0) is 34.2. The number of anilines is 1. The van der Waals surface area contributed by atoms with Crippen LogP contribution in [0.5, 0.6) is 0 Å². The molecule has 0 spiro atoms. The molecule has 2 N–H and O–H groups in total. The first-order valence-corrected chi connectivity index (χ1v) is 21.5. The maximum atomic E-state index is 11.3. The largest absolute Gasteiger partial charge is 0.335 e. The molecule has 5 rings (SSSR count). The molecule has 258 valence electrons. The third-order valence-electron chi connectivity index (χ3n) is 8.12. The fourth-order valence-electron chi connectivity index (χ4n) is 5.65. The van der Waals surface area contributed by atoms with Gasteiger partial charge >= 0.3 is 0 Å². The molecule has 0 radical (unpaired) electrons. The molecule has 3 aromatic rings. The molecule has 2 heterocycles. The van der Waals surface area contributed by atoms with Gasteiger partial charge in [0.25, 0.3) is 25.2 Å². The molecule has 1 fully saturated rings. The number of rotatable bonds is 12. The van der Waals surface area contributed by atoms with E-state index in [4.69, 9.17) is 27.8 Å². The Labute approximate surface area is 297 Å². The smallest absolute Gasteiger partial charge is 0.265 e. The first-order chi connectivity index (χ1) is 22.2. The minimum Gasteiger partial charge on any atom is -0.335 e. The molecule has 0 amide bonds. The third-order valence-corrected chi connectivity index (χ3v) is 12.4. The van der Waals surface area contributed by atoms with Crippen LogP contribution in [0.25, 0.3) is 16.3 Å². The molecule has 1 aliphatic heterocycles. The number of thioether (sulfide) groups is 1. The van der Waals surface area contributed by atoms with Gasteiger partial charge in [0, 0.05) is 40.0 Å². The first-order valence-electron chi connectivity index (χ1n) is 15.9. The van der Waals surface area contributed by atoms with E-state index >= 15 is 0 Å². The molecule has 0 atom stereocenters. The first kappa shape index (κ1) is 38.2. The van der Waals surface area contributed by atoms with Crippen molar-refractivity contribution in [3.8, 4) is 0 Å². The van der Waals surface area contributed by atoms with Crippen LogP contribution in [-0.4, -0.2) is 44.0 Å². The highest BCUT2D eigenvalue weighted by Crippen LogP contribution is 2.47. The Morgan fingerprint density at radius 3 is 2.26 bits per heavy atom. The summed E-state index contributed by atoms with van der Waals surface area (Å²) >= 11 is 15.7. The van der Waals surface area contributed by atoms with Crippen LogP contribution in [0.3, 0.4) is 0 Å². The van der Waals surface area contributed by atoms with Gasteiger partial charge in [0.05, 0.1) is 22.2 Å². The summed E-state index contributed by atoms with van der Waals surface area (Å²) in [5, 5.41) is 3.07. The van der Waals surface area contributed by atoms with Crippen LogP contribution in [0.4, 0.5) is 5.69 Å². The van der Waals surface area contributed by atoms with Gasteiger partial charge in [0.15, 0.2) is 6.54 Å². The van der Waals surface area contributed by atoms with Crippen LogP contribution in [0.2, 0.25) is 10.0 Å². The van der Waals surface area contributed by atoms with Crippen molar-refractivity contribution >= 4 is 88.5 Å². The van der Waals surface area contributed by atoms with E-state index in [0.717, 1.165) is 48.7 Å². The SMILES string of the molecule is CC1CCCCC1.CCC(/C=C1\Sc2ccc(Cl)cc2N1CCCCS(=O)(=O)O)=C\c1sc2ccc(Cl)cc2[n+]1CCCS(=O)(=O)O. The van der Waals surface area contributed by atoms with Crippen LogP contribution < -0.4 is 9.47 Å². The summed E-state index contributed by atoms with van der Waals surface area (Å²) in [5.41, 5.74) is 2.87. The van der Waals surface area contributed by atoms with E-state index in [9.17, 15) is 21.4 Å². The summed E-state index contributed by atoms with van der Waals surface area (Å²) in [6, 6.07) is 11.3. The minimum absolute atomic E-state index is 0.245. The minimum atomic E-state index is -4.07. The van der Waals surface area contributed by atoms with Crippen molar-refractivity contribution in [2.75, 3.05) is 23.0 Å². The zero-order valence-electron chi connectivity index (χ0n) is 26.7. The van der Waals surface area contributed by atoms with E-state index in [1.165, 1.54) is 32.1 Å². The van der Waals surface area contributed by atoms with Gasteiger partial charge in [-0.2, -0.15) is 21.4 Å². The Morgan fingerprint density at radius 2 is 1.62 bits per heavy atom. The molecule has 0 unspecified atom stereocenters. The van der Waals surface area contributed by atoms with Gasteiger partial charge in [-0.15, -0.1) is 0 Å². The summed E-state index contributed by atoms with van der Waals surface area (Å²) in [6.45, 7) is 5.35. The van der Waals surface area contributed by atoms with E-state index in [1.807, 2.05) is 41.0 Å². The predicted octanol–water partition coefficient (Wildman–Crippen LogP) is 9.28. The molecule has 0 bridgehead atoms. The molecule has 0 saturated heterocycles. The van der Waals surface area contributed by atoms with Crippen LogP contribution in [0.15, 0.2) is 58.0 Å². The highest BCUT2D eigenvalue weighted by atomic mass is 35.5. The Bertz CT molecular complexity index is 1820. The van der Waals surface area contributed by atoms with Gasteiger partial charge in [-0.25, -0.2) is 0 Å². The van der Waals surface area contributed by atoms with Crippen molar-refractivity contribution in [1.29, 1.82) is 0 Å². The second-order valence-corrected chi connectivity index (χ2v) is 18.1. The lowest BCUT2D eigenvalue weighted by molar-refractivity contribution is -0.668. The normalized spacial score (nSPS) is 16.9. The van der Waals surface area contributed by atoms with E-state index in [0.29, 0.717) is 36.0 Å². The van der Waals surface area contributed by atoms with E-state index in [2.05, 4.69) is 30.9 Å². The maximum absolute atomic E-state index is 11.3. The quantitative estimate of drug-likeness (QED) is 0.107. The Kier molecular flexibility index (Phi) is 14.1. The molecular weight excluding hydrogens is 720 g/mol. The molecular formula is C33H43Cl2N2O6S4+. The number of benzene rings is 2. The molecule has 47 heavy (non-hydrogen) atoms. The van der Waals surface area contributed by atoms with Crippen LogP contribution in [0, 0.1) is 5.92 Å². The number of aryl methyl sites for hydroxylation is 1. The molecule has 1 saturated carbocycles. The number of fused-ring (bicyclic) bond motifs is 2. The Balaban J connectivity index is 0.000000632. The summed E-state index contributed by atoms with van der Waals surface area (Å²) in [5.74, 6) is 0.410. The van der Waals surface area contributed by atoms with E-state index < -0.39 is 20.2 Å². The van der Waals surface area contributed by atoms with E-state index in [1.54, 1.807) is 23.1 Å². The van der Waals surface area contributed by atoms with Crippen LogP contribution in [0.1, 0.15) is 76.6 Å². The number of unbranched alkanes of at least 4 members (excludes halogenated alkanes) is 1. The molecule has 1 aromatic heterocycles. The topological polar surface area (TPSA) is 116 Å².